The summed E-state index contributed by atoms with van der Waals surface area (Å²) in [6.07, 6.45) is 0. The third-order valence-electron chi connectivity index (χ3n) is 11.9. The molecule has 12 rings (SSSR count). The van der Waals surface area contributed by atoms with E-state index in [0.717, 1.165) is 60.6 Å². The fraction of sp³-hybridized carbons (Fsp3) is 0. The minimum absolute atomic E-state index is 0.828. The van der Waals surface area contributed by atoms with Gasteiger partial charge in [0.15, 0.2) is 0 Å². The summed E-state index contributed by atoms with van der Waals surface area (Å²) < 4.78 is 13.2. The normalized spacial score (nSPS) is 11.8. The van der Waals surface area contributed by atoms with Gasteiger partial charge in [0.25, 0.3) is 0 Å². The molecule has 0 radical (unpaired) electrons. The lowest BCUT2D eigenvalue weighted by molar-refractivity contribution is 0.663. The Bertz CT molecular complexity index is 3420. The van der Waals surface area contributed by atoms with E-state index in [0.29, 0.717) is 0 Å². The van der Waals surface area contributed by atoms with Crippen LogP contribution in [0.1, 0.15) is 0 Å². The molecule has 0 aliphatic carbocycles. The maximum Gasteiger partial charge on any atom is 0.147 e. The van der Waals surface area contributed by atoms with Gasteiger partial charge in [0.05, 0.1) is 5.39 Å². The molecule has 0 N–H and O–H groups in total. The Morgan fingerprint density at radius 1 is 0.241 bits per heavy atom. The largest absolute Gasteiger partial charge is 0.456 e. The molecule has 0 spiro atoms. The van der Waals surface area contributed by atoms with Crippen molar-refractivity contribution < 1.29 is 8.83 Å². The molecule has 0 saturated heterocycles. The molecule has 12 aromatic rings. The summed E-state index contributed by atoms with van der Waals surface area (Å²) >= 11 is 0. The highest BCUT2D eigenvalue weighted by atomic mass is 16.3. The van der Waals surface area contributed by atoms with E-state index in [9.17, 15) is 0 Å². The molecule has 0 atom stereocenters. The van der Waals surface area contributed by atoms with Gasteiger partial charge in [0.2, 0.25) is 0 Å². The SMILES string of the molecule is c1ccc(-c2cc3oc4c(ccc5oc6ccccc6c54)c3cc2-c2c3ccccc3c(-c3c(-c4ccccc4)cccc3-c3ccccc3)c3ccccc23)cc1. The Hall–Kier alpha value is -7.68. The Labute approximate surface area is 334 Å². The first kappa shape index (κ1) is 32.6. The van der Waals surface area contributed by atoms with Gasteiger partial charge in [-0.1, -0.05) is 176 Å². The van der Waals surface area contributed by atoms with Crippen molar-refractivity contribution in [2.75, 3.05) is 0 Å². The second-order valence-electron chi connectivity index (χ2n) is 15.1. The first-order valence-electron chi connectivity index (χ1n) is 19.8. The zero-order valence-corrected chi connectivity index (χ0v) is 31.4. The lowest BCUT2D eigenvalue weighted by Crippen LogP contribution is -1.96. The smallest absolute Gasteiger partial charge is 0.147 e. The van der Waals surface area contributed by atoms with Crippen LogP contribution in [-0.2, 0) is 0 Å². The molecule has 0 aliphatic rings. The quantitative estimate of drug-likeness (QED) is 0.164. The molecule has 2 heteroatoms. The molecule has 0 aliphatic heterocycles. The van der Waals surface area contributed by atoms with Crippen LogP contribution in [0.15, 0.2) is 215 Å². The number of furan rings is 2. The summed E-state index contributed by atoms with van der Waals surface area (Å²) in [5.74, 6) is 0. The van der Waals surface area contributed by atoms with Gasteiger partial charge in [-0.15, -0.1) is 0 Å². The van der Waals surface area contributed by atoms with Crippen molar-refractivity contribution in [3.63, 3.8) is 0 Å². The lowest BCUT2D eigenvalue weighted by atomic mass is 9.80. The zero-order chi connectivity index (χ0) is 38.2. The van der Waals surface area contributed by atoms with E-state index in [4.69, 9.17) is 8.83 Å². The topological polar surface area (TPSA) is 26.3 Å². The lowest BCUT2D eigenvalue weighted by Gasteiger charge is -2.23. The van der Waals surface area contributed by atoms with Crippen molar-refractivity contribution in [1.82, 2.24) is 0 Å². The first-order valence-corrected chi connectivity index (χ1v) is 19.8. The fourth-order valence-corrected chi connectivity index (χ4v) is 9.38. The predicted molar refractivity (Wildman–Crippen MR) is 243 cm³/mol. The number of rotatable bonds is 5. The molecule has 0 fully saturated rings. The molecule has 2 nitrogen and oxygen atoms in total. The molecule has 0 bridgehead atoms. The number of para-hydroxylation sites is 1. The Balaban J connectivity index is 1.22. The van der Waals surface area contributed by atoms with Crippen molar-refractivity contribution in [1.29, 1.82) is 0 Å². The predicted octanol–water partition coefficient (Wildman–Crippen LogP) is 16.1. The van der Waals surface area contributed by atoms with E-state index < -0.39 is 0 Å². The highest BCUT2D eigenvalue weighted by molar-refractivity contribution is 6.27. The Kier molecular flexibility index (Phi) is 7.26. The molecule has 10 aromatic carbocycles. The molecule has 58 heavy (non-hydrogen) atoms. The number of hydrogen-bond donors (Lipinski definition) is 0. The third kappa shape index (κ3) is 4.92. The van der Waals surface area contributed by atoms with Crippen molar-refractivity contribution >= 4 is 65.4 Å². The van der Waals surface area contributed by atoms with Crippen molar-refractivity contribution in [2.45, 2.75) is 0 Å². The van der Waals surface area contributed by atoms with E-state index in [1.165, 1.54) is 60.5 Å². The van der Waals surface area contributed by atoms with Gasteiger partial charge in [-0.25, -0.2) is 0 Å². The van der Waals surface area contributed by atoms with Crippen LogP contribution < -0.4 is 0 Å². The van der Waals surface area contributed by atoms with E-state index >= 15 is 0 Å². The zero-order valence-electron chi connectivity index (χ0n) is 31.4. The van der Waals surface area contributed by atoms with Crippen LogP contribution in [0.5, 0.6) is 0 Å². The fourth-order valence-electron chi connectivity index (χ4n) is 9.38. The Morgan fingerprint density at radius 2 is 0.741 bits per heavy atom. The average molecular weight is 739 g/mol. The summed E-state index contributed by atoms with van der Waals surface area (Å²) in [6, 6.07) is 74.2. The maximum absolute atomic E-state index is 6.89. The Morgan fingerprint density at radius 3 is 1.33 bits per heavy atom. The van der Waals surface area contributed by atoms with Gasteiger partial charge >= 0.3 is 0 Å². The minimum atomic E-state index is 0.828. The van der Waals surface area contributed by atoms with Crippen LogP contribution in [0.3, 0.4) is 0 Å². The van der Waals surface area contributed by atoms with Gasteiger partial charge < -0.3 is 8.83 Å². The van der Waals surface area contributed by atoms with Crippen molar-refractivity contribution in [3.8, 4) is 55.6 Å². The van der Waals surface area contributed by atoms with Gasteiger partial charge in [-0.05, 0) is 108 Å². The van der Waals surface area contributed by atoms with Gasteiger partial charge in [-0.3, -0.25) is 0 Å². The summed E-state index contributed by atoms with van der Waals surface area (Å²) in [4.78, 5) is 0. The molecular weight excluding hydrogens is 705 g/mol. The second kappa shape index (κ2) is 12.9. The van der Waals surface area contributed by atoms with E-state index in [2.05, 4.69) is 194 Å². The van der Waals surface area contributed by atoms with Crippen LogP contribution in [0.4, 0.5) is 0 Å². The van der Waals surface area contributed by atoms with Gasteiger partial charge in [0.1, 0.15) is 22.3 Å². The van der Waals surface area contributed by atoms with E-state index in [1.54, 1.807) is 0 Å². The van der Waals surface area contributed by atoms with Crippen LogP contribution in [-0.4, -0.2) is 0 Å². The van der Waals surface area contributed by atoms with Crippen molar-refractivity contribution in [3.05, 3.63) is 206 Å². The van der Waals surface area contributed by atoms with Crippen molar-refractivity contribution in [2.24, 2.45) is 0 Å². The van der Waals surface area contributed by atoms with E-state index in [1.807, 2.05) is 12.1 Å². The van der Waals surface area contributed by atoms with Gasteiger partial charge in [-0.2, -0.15) is 0 Å². The monoisotopic (exact) mass is 738 g/mol. The molecular formula is C56H34O2. The molecule has 270 valence electrons. The van der Waals surface area contributed by atoms with Crippen LogP contribution >= 0.6 is 0 Å². The summed E-state index contributed by atoms with van der Waals surface area (Å²) in [5.41, 5.74) is 15.3. The maximum atomic E-state index is 6.89. The van der Waals surface area contributed by atoms with Crippen LogP contribution in [0, 0.1) is 0 Å². The summed E-state index contributed by atoms with van der Waals surface area (Å²) in [5, 5.41) is 9.04. The first-order chi connectivity index (χ1) is 28.8. The molecule has 0 saturated carbocycles. The number of benzene rings is 10. The second-order valence-corrected chi connectivity index (χ2v) is 15.1. The molecule has 0 unspecified atom stereocenters. The summed E-state index contributed by atoms with van der Waals surface area (Å²) in [7, 11) is 0. The van der Waals surface area contributed by atoms with Crippen LogP contribution in [0.2, 0.25) is 0 Å². The minimum Gasteiger partial charge on any atom is -0.456 e. The number of fused-ring (bicyclic) bond motifs is 9. The molecule has 2 heterocycles. The van der Waals surface area contributed by atoms with Crippen LogP contribution in [0.25, 0.3) is 121 Å². The highest BCUT2D eigenvalue weighted by Crippen LogP contribution is 2.51. The summed E-state index contributed by atoms with van der Waals surface area (Å²) in [6.45, 7) is 0. The van der Waals surface area contributed by atoms with Gasteiger partial charge in [0, 0.05) is 16.2 Å². The van der Waals surface area contributed by atoms with E-state index in [-0.39, 0.29) is 0 Å². The average Bonchev–Trinajstić information content (AvgIpc) is 3.86. The standard InChI is InChI=1S/C56H34O2/c1-4-17-35(18-5-1)38-28-16-29-39(36-19-6-2-7-20-36)53(38)54-42-25-12-10-23-40(42)52(41-24-11-13-26-43(41)54)48-33-47-44-31-32-50-55(45-27-14-15-30-49(45)57-50)56(44)58-51(47)34-46(48)37-21-8-3-9-22-37/h1-34H. The third-order valence-corrected chi connectivity index (χ3v) is 11.9. The molecule has 2 aromatic heterocycles. The number of hydrogen-bond acceptors (Lipinski definition) is 2. The molecule has 0 amide bonds. The highest BCUT2D eigenvalue weighted by Gasteiger charge is 2.25.